The van der Waals surface area contributed by atoms with Crippen molar-refractivity contribution in [2.24, 2.45) is 0 Å². The predicted molar refractivity (Wildman–Crippen MR) is 186 cm³/mol. The van der Waals surface area contributed by atoms with Crippen molar-refractivity contribution in [1.82, 2.24) is 10.2 Å². The zero-order chi connectivity index (χ0) is 35.9. The first-order valence-corrected chi connectivity index (χ1v) is 17.7. The van der Waals surface area contributed by atoms with E-state index in [0.29, 0.717) is 27.9 Å². The summed E-state index contributed by atoms with van der Waals surface area (Å²) in [4.78, 5) is 29.4. The zero-order valence-corrected chi connectivity index (χ0v) is 29.5. The summed E-state index contributed by atoms with van der Waals surface area (Å²) < 4.78 is 70.6. The summed E-state index contributed by atoms with van der Waals surface area (Å²) >= 11 is 18.3. The van der Waals surface area contributed by atoms with E-state index in [-0.39, 0.29) is 33.9 Å². The first-order chi connectivity index (χ1) is 23.1. The molecule has 0 bridgehead atoms. The fourth-order valence-electron chi connectivity index (χ4n) is 4.96. The monoisotopic (exact) mass is 753 g/mol. The summed E-state index contributed by atoms with van der Waals surface area (Å²) in [6.45, 7) is 2.51. The fraction of sp³-hybridized carbons (Fsp3) is 0.257. The van der Waals surface area contributed by atoms with Gasteiger partial charge in [0.2, 0.25) is 11.8 Å². The number of carbonyl (C=O) groups excluding carboxylic acids is 2. The van der Waals surface area contributed by atoms with Gasteiger partial charge in [0, 0.05) is 19.0 Å². The number of amides is 2. The van der Waals surface area contributed by atoms with Gasteiger partial charge in [-0.2, -0.15) is 13.2 Å². The normalized spacial score (nSPS) is 13.0. The Hall–Kier alpha value is -3.77. The Morgan fingerprint density at radius 2 is 1.43 bits per heavy atom. The van der Waals surface area contributed by atoms with Crippen LogP contribution in [0.5, 0.6) is 0 Å². The number of rotatable bonds is 13. The topological polar surface area (TPSA) is 86.8 Å². The van der Waals surface area contributed by atoms with Crippen molar-refractivity contribution in [3.8, 4) is 0 Å². The molecule has 4 aromatic rings. The van der Waals surface area contributed by atoms with Gasteiger partial charge < -0.3 is 10.2 Å². The van der Waals surface area contributed by atoms with Gasteiger partial charge in [0.25, 0.3) is 10.0 Å². The van der Waals surface area contributed by atoms with Gasteiger partial charge in [-0.25, -0.2) is 8.42 Å². The fourth-order valence-corrected chi connectivity index (χ4v) is 6.94. The molecule has 0 saturated heterocycles. The minimum absolute atomic E-state index is 0.0424. The lowest BCUT2D eigenvalue weighted by Gasteiger charge is -2.34. The molecule has 0 unspecified atom stereocenters. The Balaban J connectivity index is 1.87. The summed E-state index contributed by atoms with van der Waals surface area (Å²) in [6.07, 6.45) is -4.29. The number of nitrogens with zero attached hydrogens (tertiary/aromatic N) is 2. The molecular formula is C35H33Cl3F3N3O4S. The maximum Gasteiger partial charge on any atom is 0.417 e. The Bertz CT molecular complexity index is 1880. The van der Waals surface area contributed by atoms with E-state index in [1.807, 2.05) is 6.92 Å². The highest BCUT2D eigenvalue weighted by Crippen LogP contribution is 2.38. The van der Waals surface area contributed by atoms with Gasteiger partial charge in [0.15, 0.2) is 0 Å². The summed E-state index contributed by atoms with van der Waals surface area (Å²) in [5, 5.41) is 2.70. The smallest absolute Gasteiger partial charge is 0.352 e. The molecule has 1 N–H and O–H groups in total. The standard InChI is InChI=1S/C35H33Cl3F3N3O4S/c1-3-23(2)42-34(46)32(19-24-10-6-4-7-11-24)43(21-25-14-16-30(37)31(38)18-25)33(45)22-44(49(47,48)27-12-8-5-9-13-27)26-15-17-29(36)28(20-26)35(39,40)41/h4-18,20,23,32H,3,19,21-22H2,1-2H3,(H,42,46)/t23-,32+/m1/s1. The number of nitrogens with one attached hydrogen (secondary N) is 1. The van der Waals surface area contributed by atoms with E-state index in [9.17, 15) is 31.2 Å². The van der Waals surface area contributed by atoms with Crippen LogP contribution in [-0.4, -0.2) is 43.8 Å². The van der Waals surface area contributed by atoms with Gasteiger partial charge in [-0.1, -0.05) is 96.3 Å². The molecule has 0 spiro atoms. The van der Waals surface area contributed by atoms with Crippen molar-refractivity contribution in [2.45, 2.75) is 56.4 Å². The maximum atomic E-state index is 14.5. The number of carbonyl (C=O) groups is 2. The molecule has 4 rings (SSSR count). The molecule has 14 heteroatoms. The van der Waals surface area contributed by atoms with Gasteiger partial charge >= 0.3 is 6.18 Å². The summed E-state index contributed by atoms with van der Waals surface area (Å²) in [5.41, 5.74) is -0.553. The molecule has 0 fully saturated rings. The second kappa shape index (κ2) is 16.3. The zero-order valence-electron chi connectivity index (χ0n) is 26.4. The molecular weight excluding hydrogens is 722 g/mol. The van der Waals surface area contributed by atoms with Crippen LogP contribution in [0.3, 0.4) is 0 Å². The van der Waals surface area contributed by atoms with E-state index in [4.69, 9.17) is 34.8 Å². The third kappa shape index (κ3) is 9.69. The van der Waals surface area contributed by atoms with Gasteiger partial charge in [-0.3, -0.25) is 13.9 Å². The van der Waals surface area contributed by atoms with Crippen LogP contribution in [0.1, 0.15) is 37.0 Å². The predicted octanol–water partition coefficient (Wildman–Crippen LogP) is 8.42. The van der Waals surface area contributed by atoms with Crippen LogP contribution >= 0.6 is 34.8 Å². The average Bonchev–Trinajstić information content (AvgIpc) is 3.07. The summed E-state index contributed by atoms with van der Waals surface area (Å²) in [6, 6.07) is 21.7. The minimum Gasteiger partial charge on any atom is -0.352 e. The third-order valence-electron chi connectivity index (χ3n) is 7.76. The number of benzene rings is 4. The molecule has 2 amide bonds. The molecule has 0 aliphatic heterocycles. The Morgan fingerprint density at radius 3 is 2.02 bits per heavy atom. The lowest BCUT2D eigenvalue weighted by atomic mass is 10.0. The van der Waals surface area contributed by atoms with Crippen LogP contribution in [0.4, 0.5) is 18.9 Å². The first kappa shape index (κ1) is 38.0. The summed E-state index contributed by atoms with van der Waals surface area (Å²) in [5.74, 6) is -1.37. The number of hydrogen-bond acceptors (Lipinski definition) is 4. The molecule has 0 aromatic heterocycles. The van der Waals surface area contributed by atoms with E-state index in [1.165, 1.54) is 41.3 Å². The SMILES string of the molecule is CC[C@@H](C)NC(=O)[C@H](Cc1ccccc1)N(Cc1ccc(Cl)c(Cl)c1)C(=O)CN(c1ccc(Cl)c(C(F)(F)F)c1)S(=O)(=O)c1ccccc1. The van der Waals surface area contributed by atoms with Crippen molar-refractivity contribution < 1.29 is 31.2 Å². The molecule has 0 radical (unpaired) electrons. The van der Waals surface area contributed by atoms with Crippen molar-refractivity contribution in [1.29, 1.82) is 0 Å². The Morgan fingerprint density at radius 1 is 0.816 bits per heavy atom. The van der Waals surface area contributed by atoms with Crippen LogP contribution in [0.2, 0.25) is 15.1 Å². The quantitative estimate of drug-likeness (QED) is 0.149. The second-order valence-electron chi connectivity index (χ2n) is 11.3. The molecule has 7 nitrogen and oxygen atoms in total. The van der Waals surface area contributed by atoms with Gasteiger partial charge in [0.1, 0.15) is 12.6 Å². The molecule has 4 aromatic carbocycles. The largest absolute Gasteiger partial charge is 0.417 e. The van der Waals surface area contributed by atoms with Crippen molar-refractivity contribution >= 4 is 62.3 Å². The molecule has 0 heterocycles. The van der Waals surface area contributed by atoms with Crippen LogP contribution in [0.25, 0.3) is 0 Å². The van der Waals surface area contributed by atoms with Gasteiger partial charge in [-0.15, -0.1) is 0 Å². The van der Waals surface area contributed by atoms with E-state index in [1.54, 1.807) is 49.4 Å². The second-order valence-corrected chi connectivity index (χ2v) is 14.4. The number of halogens is 6. The van der Waals surface area contributed by atoms with Crippen LogP contribution in [0, 0.1) is 0 Å². The van der Waals surface area contributed by atoms with E-state index >= 15 is 0 Å². The highest BCUT2D eigenvalue weighted by atomic mass is 35.5. The number of alkyl halides is 3. The minimum atomic E-state index is -4.92. The highest BCUT2D eigenvalue weighted by Gasteiger charge is 2.38. The Kier molecular flexibility index (Phi) is 12.6. The number of sulfonamides is 1. The molecule has 0 aliphatic rings. The maximum absolute atomic E-state index is 14.5. The molecule has 0 aliphatic carbocycles. The van der Waals surface area contributed by atoms with E-state index < -0.39 is 56.9 Å². The lowest BCUT2D eigenvalue weighted by Crippen LogP contribution is -2.54. The van der Waals surface area contributed by atoms with Gasteiger partial charge in [-0.05, 0) is 66.9 Å². The first-order valence-electron chi connectivity index (χ1n) is 15.1. The van der Waals surface area contributed by atoms with Crippen LogP contribution in [-0.2, 0) is 38.8 Å². The Labute approximate surface area is 298 Å². The van der Waals surface area contributed by atoms with Crippen molar-refractivity contribution in [2.75, 3.05) is 10.8 Å². The molecule has 2 atom stereocenters. The molecule has 260 valence electrons. The molecule has 0 saturated carbocycles. The highest BCUT2D eigenvalue weighted by molar-refractivity contribution is 7.92. The van der Waals surface area contributed by atoms with Crippen molar-refractivity contribution in [3.63, 3.8) is 0 Å². The van der Waals surface area contributed by atoms with Gasteiger partial charge in [0.05, 0.1) is 31.2 Å². The van der Waals surface area contributed by atoms with E-state index in [2.05, 4.69) is 5.32 Å². The van der Waals surface area contributed by atoms with E-state index in [0.717, 1.165) is 12.1 Å². The summed E-state index contributed by atoms with van der Waals surface area (Å²) in [7, 11) is -4.63. The third-order valence-corrected chi connectivity index (χ3v) is 10.6. The van der Waals surface area contributed by atoms with Crippen molar-refractivity contribution in [3.05, 3.63) is 129 Å². The van der Waals surface area contributed by atoms with Crippen LogP contribution < -0.4 is 9.62 Å². The number of anilines is 1. The lowest BCUT2D eigenvalue weighted by molar-refractivity contribution is -0.140. The number of hydrogen-bond donors (Lipinski definition) is 1. The average molecular weight is 755 g/mol. The molecule has 49 heavy (non-hydrogen) atoms. The van der Waals surface area contributed by atoms with Crippen LogP contribution in [0.15, 0.2) is 102 Å².